The second-order valence-corrected chi connectivity index (χ2v) is 1.97. The minimum Gasteiger partial charge on any atom is -0.505 e. The molecule has 62 valence electrons. The Bertz CT molecular complexity index is 251. The van der Waals surface area contributed by atoms with Gasteiger partial charge in [-0.3, -0.25) is 0 Å². The van der Waals surface area contributed by atoms with Crippen LogP contribution in [0.2, 0.25) is 0 Å². The minimum absolute atomic E-state index is 0.113. The molecule has 0 aromatic rings. The summed E-state index contributed by atoms with van der Waals surface area (Å²) < 4.78 is 0. The first-order valence-corrected chi connectivity index (χ1v) is 3.15. The van der Waals surface area contributed by atoms with Gasteiger partial charge < -0.3 is 10.2 Å². The number of hydrogen-bond donors (Lipinski definition) is 2. The smallest absolute Gasteiger partial charge is 0.387 e. The molecule has 0 saturated carbocycles. The van der Waals surface area contributed by atoms with Gasteiger partial charge in [-0.2, -0.15) is 0 Å². The Morgan fingerprint density at radius 3 is 1.58 bits per heavy atom. The van der Waals surface area contributed by atoms with Crippen LogP contribution in [0, 0.1) is 10.8 Å². The van der Waals surface area contributed by atoms with Crippen molar-refractivity contribution in [1.29, 1.82) is 10.8 Å². The molecule has 0 rings (SSSR count). The molecule has 2 N–H and O–H groups in total. The summed E-state index contributed by atoms with van der Waals surface area (Å²) in [6.07, 6.45) is 1.93. The van der Waals surface area contributed by atoms with Crippen molar-refractivity contribution >= 4 is 0 Å². The van der Waals surface area contributed by atoms with Gasteiger partial charge in [-0.25, -0.2) is 0 Å². The lowest BCUT2D eigenvalue weighted by Crippen LogP contribution is -1.84. The number of allylic oxidation sites excluding steroid dienone is 2. The van der Waals surface area contributed by atoms with Gasteiger partial charge in [0, 0.05) is 12.8 Å². The molecule has 0 fully saturated rings. The van der Waals surface area contributed by atoms with Crippen molar-refractivity contribution in [1.82, 2.24) is 0 Å². The molecular formula is C6H8N4O2+2. The van der Waals surface area contributed by atoms with Gasteiger partial charge in [0.15, 0.2) is 21.5 Å². The van der Waals surface area contributed by atoms with Gasteiger partial charge in [-0.05, 0) is 0 Å². The number of diazo groups is 2. The van der Waals surface area contributed by atoms with E-state index >= 15 is 0 Å². The molecule has 0 atom stereocenters. The summed E-state index contributed by atoms with van der Waals surface area (Å²) in [5.41, 5.74) is 0. The number of hydrogen-bond acceptors (Lipinski definition) is 4. The van der Waals surface area contributed by atoms with Crippen molar-refractivity contribution in [2.45, 2.75) is 12.8 Å². The molecule has 0 aromatic carbocycles. The van der Waals surface area contributed by atoms with E-state index in [-0.39, 0.29) is 24.4 Å². The number of rotatable bonds is 3. The van der Waals surface area contributed by atoms with Crippen molar-refractivity contribution in [3.05, 3.63) is 33.9 Å². The summed E-state index contributed by atoms with van der Waals surface area (Å²) in [7, 11) is 0. The molecule has 0 saturated heterocycles. The van der Waals surface area contributed by atoms with E-state index in [9.17, 15) is 0 Å². The molecule has 0 heterocycles. The van der Waals surface area contributed by atoms with Crippen LogP contribution in [0.4, 0.5) is 0 Å². The zero-order chi connectivity index (χ0) is 9.40. The third-order valence-corrected chi connectivity index (χ3v) is 1.05. The molecule has 0 aliphatic rings. The molecule has 6 nitrogen and oxygen atoms in total. The zero-order valence-electron chi connectivity index (χ0n) is 6.25. The Morgan fingerprint density at radius 2 is 1.33 bits per heavy atom. The number of aliphatic hydroxyl groups excluding tert-OH is 2. The van der Waals surface area contributed by atoms with Crippen molar-refractivity contribution in [3.8, 4) is 0 Å². The normalized spacial score (nSPS) is 11.8. The minimum atomic E-state index is -0.171. The monoisotopic (exact) mass is 168 g/mol. The molecular weight excluding hydrogens is 160 g/mol. The Morgan fingerprint density at radius 1 is 1.00 bits per heavy atom. The molecule has 0 bridgehead atoms. The van der Waals surface area contributed by atoms with E-state index < -0.39 is 0 Å². The topological polar surface area (TPSA) is 96.8 Å². The van der Waals surface area contributed by atoms with E-state index in [1.165, 1.54) is 0 Å². The second-order valence-electron chi connectivity index (χ2n) is 1.97. The van der Waals surface area contributed by atoms with Crippen LogP contribution in [-0.2, 0) is 0 Å². The van der Waals surface area contributed by atoms with Crippen LogP contribution in [0.1, 0.15) is 12.8 Å². The second kappa shape index (κ2) is 5.69. The van der Waals surface area contributed by atoms with Crippen LogP contribution in [0.5, 0.6) is 0 Å². The van der Waals surface area contributed by atoms with Gasteiger partial charge in [0.1, 0.15) is 0 Å². The lowest BCUT2D eigenvalue weighted by Gasteiger charge is -1.90. The van der Waals surface area contributed by atoms with Crippen LogP contribution < -0.4 is 0 Å². The SMILES string of the molecule is N#[N+]C=C(O)CCC(O)=C[N+]#N. The fraction of sp³-hybridized carbons (Fsp3) is 0.333. The Labute approximate surface area is 68.7 Å². The van der Waals surface area contributed by atoms with Crippen LogP contribution in [0.25, 0.3) is 9.95 Å². The van der Waals surface area contributed by atoms with Crippen molar-refractivity contribution < 1.29 is 10.2 Å². The third kappa shape index (κ3) is 4.77. The van der Waals surface area contributed by atoms with E-state index in [0.29, 0.717) is 0 Å². The molecule has 0 spiro atoms. The quantitative estimate of drug-likeness (QED) is 0.498. The molecule has 0 aromatic heterocycles. The van der Waals surface area contributed by atoms with Crippen LogP contribution in [0.3, 0.4) is 0 Å². The third-order valence-electron chi connectivity index (χ3n) is 1.05. The molecule has 0 unspecified atom stereocenters. The van der Waals surface area contributed by atoms with Gasteiger partial charge in [0.2, 0.25) is 10.8 Å². The first-order valence-electron chi connectivity index (χ1n) is 3.15. The maximum Gasteiger partial charge on any atom is 0.387 e. The maximum absolute atomic E-state index is 8.84. The van der Waals surface area contributed by atoms with Crippen LogP contribution in [0.15, 0.2) is 23.9 Å². The lowest BCUT2D eigenvalue weighted by atomic mass is 10.2. The highest BCUT2D eigenvalue weighted by atomic mass is 16.3. The maximum atomic E-state index is 8.84. The zero-order valence-corrected chi connectivity index (χ0v) is 6.25. The van der Waals surface area contributed by atoms with Gasteiger partial charge in [-0.1, -0.05) is 0 Å². The molecule has 0 radical (unpaired) electrons. The van der Waals surface area contributed by atoms with E-state index in [2.05, 4.69) is 9.95 Å². The number of nitrogens with zero attached hydrogens (tertiary/aromatic N) is 4. The van der Waals surface area contributed by atoms with E-state index in [1.54, 1.807) is 0 Å². The van der Waals surface area contributed by atoms with E-state index in [0.717, 1.165) is 12.4 Å². The highest BCUT2D eigenvalue weighted by Crippen LogP contribution is 2.07. The summed E-state index contributed by atoms with van der Waals surface area (Å²) in [4.78, 5) is 5.15. The summed E-state index contributed by atoms with van der Waals surface area (Å²) in [6, 6.07) is 0. The van der Waals surface area contributed by atoms with Crippen molar-refractivity contribution in [3.63, 3.8) is 0 Å². The van der Waals surface area contributed by atoms with Crippen molar-refractivity contribution in [2.24, 2.45) is 0 Å². The number of aliphatic hydroxyl groups is 2. The van der Waals surface area contributed by atoms with Gasteiger partial charge in [0.05, 0.1) is 0 Å². The predicted molar refractivity (Wildman–Crippen MR) is 40.8 cm³/mol. The van der Waals surface area contributed by atoms with Gasteiger partial charge >= 0.3 is 12.4 Å². The van der Waals surface area contributed by atoms with Crippen LogP contribution in [-0.4, -0.2) is 10.2 Å². The Hall–Kier alpha value is -2.08. The average Bonchev–Trinajstić information content (AvgIpc) is 2.02. The fourth-order valence-corrected chi connectivity index (χ4v) is 0.519. The largest absolute Gasteiger partial charge is 0.505 e. The summed E-state index contributed by atoms with van der Waals surface area (Å²) in [6.45, 7) is 0. The highest BCUT2D eigenvalue weighted by Gasteiger charge is 2.04. The standard InChI is InChI=1S/C6H6N4O2/c7-9-3-5(11)1-2-6(12)4-10-8/h3-4H,1-2H2/p+2. The molecule has 0 aliphatic heterocycles. The first kappa shape index (κ1) is 9.92. The Kier molecular flexibility index (Phi) is 4.70. The molecule has 0 amide bonds. The predicted octanol–water partition coefficient (Wildman–Crippen LogP) is 2.27. The summed E-state index contributed by atoms with van der Waals surface area (Å²) in [5, 5.41) is 33.6. The van der Waals surface area contributed by atoms with Gasteiger partial charge in [0.25, 0.3) is 0 Å². The fourth-order valence-electron chi connectivity index (χ4n) is 0.519. The summed E-state index contributed by atoms with van der Waals surface area (Å²) >= 11 is 0. The molecule has 6 heteroatoms. The van der Waals surface area contributed by atoms with Crippen LogP contribution >= 0.6 is 0 Å². The van der Waals surface area contributed by atoms with Gasteiger partial charge in [-0.15, -0.1) is 0 Å². The Balaban J connectivity index is 3.88. The van der Waals surface area contributed by atoms with E-state index in [1.807, 2.05) is 0 Å². The highest BCUT2D eigenvalue weighted by molar-refractivity contribution is 5.01. The first-order chi connectivity index (χ1) is 5.70. The van der Waals surface area contributed by atoms with E-state index in [4.69, 9.17) is 21.0 Å². The average molecular weight is 168 g/mol. The molecule has 0 aliphatic carbocycles. The van der Waals surface area contributed by atoms with Crippen molar-refractivity contribution in [2.75, 3.05) is 0 Å². The molecule has 12 heavy (non-hydrogen) atoms. The lowest BCUT2D eigenvalue weighted by molar-refractivity contribution is 0.351. The summed E-state index contributed by atoms with van der Waals surface area (Å²) in [5.74, 6) is -0.342.